The van der Waals surface area contributed by atoms with Gasteiger partial charge in [0.2, 0.25) is 15.9 Å². The highest BCUT2D eigenvalue weighted by Gasteiger charge is 2.36. The topological polar surface area (TPSA) is 60.9 Å². The van der Waals surface area contributed by atoms with Gasteiger partial charge in [0.1, 0.15) is 0 Å². The van der Waals surface area contributed by atoms with Crippen LogP contribution in [0.1, 0.15) is 24.0 Å². The Morgan fingerprint density at radius 3 is 2.15 bits per heavy atom. The average Bonchev–Trinajstić information content (AvgIpc) is 2.84. The standard InChI is InChI=1S/C24H28F3N3O3S/c25-24(26,27)21-7-4-8-22(17-21)34(32,33)30-11-9-20(10-12-30)23(31)29-15-13-28(14-16-29)18-19-5-2-1-3-6-19/h1-8,17,20H,9-16,18H2. The first kappa shape index (κ1) is 24.7. The van der Waals surface area contributed by atoms with Crippen molar-refractivity contribution in [3.8, 4) is 0 Å². The van der Waals surface area contributed by atoms with Gasteiger partial charge in [-0.25, -0.2) is 8.42 Å². The summed E-state index contributed by atoms with van der Waals surface area (Å²) >= 11 is 0. The fourth-order valence-corrected chi connectivity index (χ4v) is 6.07. The van der Waals surface area contributed by atoms with Crippen molar-refractivity contribution >= 4 is 15.9 Å². The minimum absolute atomic E-state index is 0.0375. The zero-order valence-corrected chi connectivity index (χ0v) is 19.6. The first-order valence-corrected chi connectivity index (χ1v) is 12.8. The van der Waals surface area contributed by atoms with E-state index in [9.17, 15) is 26.4 Å². The summed E-state index contributed by atoms with van der Waals surface area (Å²) in [5, 5.41) is 0. The summed E-state index contributed by atoms with van der Waals surface area (Å²) < 4.78 is 65.9. The monoisotopic (exact) mass is 495 g/mol. The Hall–Kier alpha value is -2.43. The summed E-state index contributed by atoms with van der Waals surface area (Å²) in [5.74, 6) is -0.232. The number of carbonyl (C=O) groups excluding carboxylic acids is 1. The van der Waals surface area contributed by atoms with Crippen LogP contribution in [-0.2, 0) is 27.5 Å². The predicted octanol–water partition coefficient (Wildman–Crippen LogP) is 3.45. The molecule has 2 aliphatic rings. The van der Waals surface area contributed by atoms with Crippen LogP contribution in [-0.4, -0.2) is 67.7 Å². The third-order valence-corrected chi connectivity index (χ3v) is 8.43. The second kappa shape index (κ2) is 10.1. The van der Waals surface area contributed by atoms with E-state index in [1.165, 1.54) is 15.9 Å². The fourth-order valence-electron chi connectivity index (χ4n) is 4.55. The van der Waals surface area contributed by atoms with Gasteiger partial charge >= 0.3 is 6.18 Å². The maximum atomic E-state index is 13.0. The lowest BCUT2D eigenvalue weighted by Gasteiger charge is -2.38. The third kappa shape index (κ3) is 5.61. The molecule has 0 unspecified atom stereocenters. The molecule has 0 N–H and O–H groups in total. The number of hydrogen-bond acceptors (Lipinski definition) is 4. The molecule has 0 aromatic heterocycles. The Morgan fingerprint density at radius 2 is 1.53 bits per heavy atom. The Bertz CT molecular complexity index is 1090. The van der Waals surface area contributed by atoms with Crippen LogP contribution in [0, 0.1) is 5.92 Å². The van der Waals surface area contributed by atoms with E-state index in [-0.39, 0.29) is 29.8 Å². The number of rotatable bonds is 5. The number of benzene rings is 2. The number of alkyl halides is 3. The van der Waals surface area contributed by atoms with Crippen molar-refractivity contribution < 1.29 is 26.4 Å². The normalized spacial score (nSPS) is 19.3. The van der Waals surface area contributed by atoms with E-state index < -0.39 is 21.8 Å². The molecule has 184 valence electrons. The van der Waals surface area contributed by atoms with Gasteiger partial charge in [0.25, 0.3) is 0 Å². The molecule has 2 saturated heterocycles. The highest BCUT2D eigenvalue weighted by atomic mass is 32.2. The Labute approximate surface area is 198 Å². The Morgan fingerprint density at radius 1 is 0.882 bits per heavy atom. The van der Waals surface area contributed by atoms with Crippen LogP contribution in [0.5, 0.6) is 0 Å². The zero-order chi connectivity index (χ0) is 24.3. The Kier molecular flexibility index (Phi) is 7.30. The molecule has 0 radical (unpaired) electrons. The van der Waals surface area contributed by atoms with Crippen LogP contribution in [0.15, 0.2) is 59.5 Å². The van der Waals surface area contributed by atoms with Gasteiger partial charge in [-0.1, -0.05) is 36.4 Å². The molecule has 0 spiro atoms. The highest BCUT2D eigenvalue weighted by Crippen LogP contribution is 2.32. The molecule has 0 saturated carbocycles. The van der Waals surface area contributed by atoms with E-state index in [0.717, 1.165) is 31.8 Å². The summed E-state index contributed by atoms with van der Waals surface area (Å²) in [4.78, 5) is 16.8. The molecular formula is C24H28F3N3O3S. The smallest absolute Gasteiger partial charge is 0.340 e. The average molecular weight is 496 g/mol. The molecule has 0 atom stereocenters. The van der Waals surface area contributed by atoms with Gasteiger partial charge in [-0.2, -0.15) is 17.5 Å². The largest absolute Gasteiger partial charge is 0.416 e. The first-order valence-electron chi connectivity index (χ1n) is 11.4. The highest BCUT2D eigenvalue weighted by molar-refractivity contribution is 7.89. The number of piperazine rings is 1. The molecule has 0 aliphatic carbocycles. The Balaban J connectivity index is 1.30. The van der Waals surface area contributed by atoms with E-state index in [1.807, 2.05) is 23.1 Å². The number of sulfonamides is 1. The predicted molar refractivity (Wildman–Crippen MR) is 121 cm³/mol. The minimum atomic E-state index is -4.62. The van der Waals surface area contributed by atoms with Gasteiger partial charge in [-0.05, 0) is 36.6 Å². The first-order chi connectivity index (χ1) is 16.1. The molecule has 10 heteroatoms. The van der Waals surface area contributed by atoms with E-state index in [0.29, 0.717) is 32.0 Å². The number of amides is 1. The number of nitrogens with zero attached hydrogens (tertiary/aromatic N) is 3. The lowest BCUT2D eigenvalue weighted by molar-refractivity contribution is -0.139. The summed E-state index contributed by atoms with van der Waals surface area (Å²) in [6.45, 7) is 3.90. The van der Waals surface area contributed by atoms with Gasteiger partial charge in [-0.15, -0.1) is 0 Å². The van der Waals surface area contributed by atoms with Crippen molar-refractivity contribution in [1.29, 1.82) is 0 Å². The van der Waals surface area contributed by atoms with Gasteiger partial charge in [0, 0.05) is 51.7 Å². The van der Waals surface area contributed by atoms with Crippen LogP contribution >= 0.6 is 0 Å². The van der Waals surface area contributed by atoms with Crippen molar-refractivity contribution in [3.63, 3.8) is 0 Å². The molecule has 1 amide bonds. The summed E-state index contributed by atoms with van der Waals surface area (Å²) in [6, 6.07) is 14.0. The van der Waals surface area contributed by atoms with Gasteiger partial charge < -0.3 is 4.90 Å². The van der Waals surface area contributed by atoms with Crippen LogP contribution < -0.4 is 0 Å². The van der Waals surface area contributed by atoms with Crippen LogP contribution in [0.2, 0.25) is 0 Å². The molecule has 4 rings (SSSR count). The molecule has 0 bridgehead atoms. The van der Waals surface area contributed by atoms with Crippen LogP contribution in [0.4, 0.5) is 13.2 Å². The second-order valence-electron chi connectivity index (χ2n) is 8.79. The molecule has 2 aromatic rings. The molecule has 34 heavy (non-hydrogen) atoms. The quantitative estimate of drug-likeness (QED) is 0.638. The third-order valence-electron chi connectivity index (χ3n) is 6.54. The zero-order valence-electron chi connectivity index (χ0n) is 18.7. The van der Waals surface area contributed by atoms with Crippen LogP contribution in [0.3, 0.4) is 0 Å². The molecule has 2 aliphatic heterocycles. The fraction of sp³-hybridized carbons (Fsp3) is 0.458. The maximum Gasteiger partial charge on any atom is 0.416 e. The summed E-state index contributed by atoms with van der Waals surface area (Å²) in [6.07, 6.45) is -3.89. The van der Waals surface area contributed by atoms with Crippen LogP contribution in [0.25, 0.3) is 0 Å². The number of carbonyl (C=O) groups is 1. The maximum absolute atomic E-state index is 13.0. The number of halogens is 3. The summed E-state index contributed by atoms with van der Waals surface area (Å²) in [5.41, 5.74) is 0.238. The molecular weight excluding hydrogens is 467 g/mol. The SMILES string of the molecule is O=C(C1CCN(S(=O)(=O)c2cccc(C(F)(F)F)c2)CC1)N1CCN(Cc2ccccc2)CC1. The van der Waals surface area contributed by atoms with E-state index in [1.54, 1.807) is 0 Å². The lowest BCUT2D eigenvalue weighted by Crippen LogP contribution is -2.51. The minimum Gasteiger partial charge on any atom is -0.340 e. The number of piperidine rings is 1. The van der Waals surface area contributed by atoms with Crippen molar-refractivity contribution in [3.05, 3.63) is 65.7 Å². The number of hydrogen-bond donors (Lipinski definition) is 0. The summed E-state index contributed by atoms with van der Waals surface area (Å²) in [7, 11) is -4.05. The van der Waals surface area contributed by atoms with Crippen molar-refractivity contribution in [2.24, 2.45) is 5.92 Å². The van der Waals surface area contributed by atoms with Crippen molar-refractivity contribution in [2.75, 3.05) is 39.3 Å². The molecule has 2 aromatic carbocycles. The van der Waals surface area contributed by atoms with Gasteiger partial charge in [0.05, 0.1) is 10.5 Å². The van der Waals surface area contributed by atoms with E-state index >= 15 is 0 Å². The molecule has 6 nitrogen and oxygen atoms in total. The molecule has 2 fully saturated rings. The molecule has 2 heterocycles. The van der Waals surface area contributed by atoms with Crippen molar-refractivity contribution in [1.82, 2.24) is 14.1 Å². The van der Waals surface area contributed by atoms with Gasteiger partial charge in [0.15, 0.2) is 0 Å². The lowest BCUT2D eigenvalue weighted by atomic mass is 9.96. The second-order valence-corrected chi connectivity index (χ2v) is 10.7. The van der Waals surface area contributed by atoms with E-state index in [4.69, 9.17) is 0 Å². The van der Waals surface area contributed by atoms with Crippen molar-refractivity contribution in [2.45, 2.75) is 30.5 Å². The van der Waals surface area contributed by atoms with Gasteiger partial charge in [-0.3, -0.25) is 9.69 Å². The van der Waals surface area contributed by atoms with E-state index in [2.05, 4.69) is 17.0 Å².